The fraction of sp³-hybridized carbons (Fsp3) is 0.500. The number of aromatic nitrogens is 1. The van der Waals surface area contributed by atoms with Gasteiger partial charge in [-0.05, 0) is 25.8 Å². The molecule has 23 heavy (non-hydrogen) atoms. The molecular formula is C14H19N5O4. The van der Waals surface area contributed by atoms with Crippen molar-refractivity contribution in [2.75, 3.05) is 19.7 Å². The van der Waals surface area contributed by atoms with Crippen molar-refractivity contribution in [3.63, 3.8) is 0 Å². The highest BCUT2D eigenvalue weighted by Gasteiger charge is 2.28. The number of pyridine rings is 1. The van der Waals surface area contributed by atoms with Gasteiger partial charge in [-0.1, -0.05) is 0 Å². The lowest BCUT2D eigenvalue weighted by Crippen LogP contribution is -2.46. The van der Waals surface area contributed by atoms with Gasteiger partial charge >= 0.3 is 11.7 Å². The minimum atomic E-state index is -0.559. The molecule has 9 nitrogen and oxygen atoms in total. The van der Waals surface area contributed by atoms with Crippen molar-refractivity contribution in [2.45, 2.75) is 19.8 Å². The number of nitro groups is 1. The summed E-state index contributed by atoms with van der Waals surface area (Å²) in [6.07, 6.45) is 2.91. The number of likely N-dealkylation sites (tertiary alicyclic amines) is 1. The summed E-state index contributed by atoms with van der Waals surface area (Å²) in [7, 11) is 0. The van der Waals surface area contributed by atoms with Crippen LogP contribution in [0, 0.1) is 16.0 Å². The molecule has 0 aliphatic carbocycles. The summed E-state index contributed by atoms with van der Waals surface area (Å²) in [5.74, 6) is -0.459. The van der Waals surface area contributed by atoms with Gasteiger partial charge in [0, 0.05) is 25.4 Å². The van der Waals surface area contributed by atoms with Gasteiger partial charge in [0.1, 0.15) is 0 Å². The molecule has 1 fully saturated rings. The number of piperidine rings is 1. The monoisotopic (exact) mass is 321 g/mol. The first-order valence-electron chi connectivity index (χ1n) is 7.38. The van der Waals surface area contributed by atoms with Crippen LogP contribution in [0.15, 0.2) is 23.3 Å². The van der Waals surface area contributed by atoms with E-state index in [2.05, 4.69) is 9.98 Å². The second kappa shape index (κ2) is 7.52. The van der Waals surface area contributed by atoms with Crippen molar-refractivity contribution in [1.82, 2.24) is 9.88 Å². The summed E-state index contributed by atoms with van der Waals surface area (Å²) in [5, 5.41) is 11.0. The Hall–Kier alpha value is -2.71. The zero-order chi connectivity index (χ0) is 16.8. The van der Waals surface area contributed by atoms with Crippen LogP contribution in [0.3, 0.4) is 0 Å². The number of esters is 1. The Labute approximate surface area is 133 Å². The Bertz CT molecular complexity index is 619. The lowest BCUT2D eigenvalue weighted by Gasteiger charge is -2.32. The summed E-state index contributed by atoms with van der Waals surface area (Å²) >= 11 is 0. The Kier molecular flexibility index (Phi) is 5.45. The van der Waals surface area contributed by atoms with Crippen molar-refractivity contribution in [3.05, 3.63) is 28.4 Å². The average Bonchev–Trinajstić information content (AvgIpc) is 2.55. The van der Waals surface area contributed by atoms with Crippen molar-refractivity contribution in [3.8, 4) is 0 Å². The molecule has 1 aliphatic heterocycles. The zero-order valence-electron chi connectivity index (χ0n) is 12.8. The lowest BCUT2D eigenvalue weighted by molar-refractivity contribution is -0.384. The van der Waals surface area contributed by atoms with Crippen molar-refractivity contribution in [1.29, 1.82) is 0 Å². The smallest absolute Gasteiger partial charge is 0.313 e. The van der Waals surface area contributed by atoms with Gasteiger partial charge in [-0.25, -0.2) is 4.98 Å². The summed E-state index contributed by atoms with van der Waals surface area (Å²) in [6.45, 7) is 3.11. The second-order valence-electron chi connectivity index (χ2n) is 5.11. The Balaban J connectivity index is 2.15. The molecule has 2 rings (SSSR count). The van der Waals surface area contributed by atoms with Gasteiger partial charge in [0.25, 0.3) is 0 Å². The van der Waals surface area contributed by atoms with E-state index in [1.165, 1.54) is 18.3 Å². The van der Waals surface area contributed by atoms with E-state index in [0.717, 1.165) is 12.8 Å². The molecule has 2 N–H and O–H groups in total. The van der Waals surface area contributed by atoms with Crippen LogP contribution in [0.5, 0.6) is 0 Å². The molecule has 1 aromatic rings. The molecule has 1 atom stereocenters. The van der Waals surface area contributed by atoms with Gasteiger partial charge in [0.15, 0.2) is 5.96 Å². The maximum atomic E-state index is 11.8. The third kappa shape index (κ3) is 4.15. The SMILES string of the molecule is CCOC(=O)C1CCCN(/C(N)=N/c2ncccc2[N+](=O)[O-])C1. The highest BCUT2D eigenvalue weighted by Crippen LogP contribution is 2.24. The van der Waals surface area contributed by atoms with E-state index < -0.39 is 4.92 Å². The Morgan fingerprint density at radius 3 is 3.13 bits per heavy atom. The quantitative estimate of drug-likeness (QED) is 0.290. The van der Waals surface area contributed by atoms with Crippen LogP contribution in [0.2, 0.25) is 0 Å². The molecule has 0 spiro atoms. The maximum absolute atomic E-state index is 11.8. The predicted octanol–water partition coefficient (Wildman–Crippen LogP) is 1.21. The van der Waals surface area contributed by atoms with E-state index in [1.807, 2.05) is 0 Å². The first-order chi connectivity index (χ1) is 11.0. The van der Waals surface area contributed by atoms with E-state index in [1.54, 1.807) is 11.8 Å². The molecule has 0 radical (unpaired) electrons. The number of hydrogen-bond donors (Lipinski definition) is 1. The molecule has 1 saturated heterocycles. The van der Waals surface area contributed by atoms with Crippen LogP contribution in [-0.4, -0.2) is 46.4 Å². The maximum Gasteiger partial charge on any atom is 0.313 e. The molecule has 9 heteroatoms. The summed E-state index contributed by atoms with van der Waals surface area (Å²) in [6, 6.07) is 2.78. The Morgan fingerprint density at radius 1 is 1.65 bits per heavy atom. The largest absolute Gasteiger partial charge is 0.466 e. The van der Waals surface area contributed by atoms with Crippen LogP contribution in [0.4, 0.5) is 11.5 Å². The van der Waals surface area contributed by atoms with Crippen molar-refractivity contribution >= 4 is 23.4 Å². The van der Waals surface area contributed by atoms with Crippen LogP contribution in [0.25, 0.3) is 0 Å². The molecule has 0 aromatic carbocycles. The summed E-state index contributed by atoms with van der Waals surface area (Å²) in [5.41, 5.74) is 5.73. The summed E-state index contributed by atoms with van der Waals surface area (Å²) in [4.78, 5) is 31.9. The highest BCUT2D eigenvalue weighted by molar-refractivity contribution is 5.83. The number of hydrogen-bond acceptors (Lipinski definition) is 6. The predicted molar refractivity (Wildman–Crippen MR) is 83.1 cm³/mol. The van der Waals surface area contributed by atoms with E-state index in [-0.39, 0.29) is 29.4 Å². The van der Waals surface area contributed by atoms with Crippen LogP contribution in [0.1, 0.15) is 19.8 Å². The minimum absolute atomic E-state index is 0.0479. The van der Waals surface area contributed by atoms with Crippen molar-refractivity contribution in [2.24, 2.45) is 16.6 Å². The number of rotatable bonds is 4. The van der Waals surface area contributed by atoms with Crippen LogP contribution in [-0.2, 0) is 9.53 Å². The fourth-order valence-electron chi connectivity index (χ4n) is 2.43. The third-order valence-corrected chi connectivity index (χ3v) is 3.55. The van der Waals surface area contributed by atoms with Crippen LogP contribution >= 0.6 is 0 Å². The standard InChI is InChI=1S/C14H19N5O4/c1-2-23-13(20)10-5-4-8-18(9-10)14(15)17-12-11(19(21)22)6-3-7-16-12/h3,6-7,10H,2,4-5,8-9H2,1H3,(H2,15,16,17). The highest BCUT2D eigenvalue weighted by atomic mass is 16.6. The number of ether oxygens (including phenoxy) is 1. The molecular weight excluding hydrogens is 302 g/mol. The normalized spacial score (nSPS) is 18.6. The topological polar surface area (TPSA) is 124 Å². The molecule has 1 aromatic heterocycles. The first-order valence-corrected chi connectivity index (χ1v) is 7.38. The van der Waals surface area contributed by atoms with Gasteiger partial charge in [-0.15, -0.1) is 0 Å². The van der Waals surface area contributed by atoms with Gasteiger partial charge in [0.05, 0.1) is 17.4 Å². The molecule has 0 amide bonds. The van der Waals surface area contributed by atoms with Gasteiger partial charge in [0.2, 0.25) is 5.82 Å². The first kappa shape index (κ1) is 16.7. The van der Waals surface area contributed by atoms with Gasteiger partial charge < -0.3 is 15.4 Å². The van der Waals surface area contributed by atoms with Crippen molar-refractivity contribution < 1.29 is 14.5 Å². The number of aliphatic imine (C=N–C) groups is 1. The average molecular weight is 321 g/mol. The minimum Gasteiger partial charge on any atom is -0.466 e. The van der Waals surface area contributed by atoms with E-state index in [9.17, 15) is 14.9 Å². The van der Waals surface area contributed by atoms with E-state index in [0.29, 0.717) is 19.7 Å². The second-order valence-corrected chi connectivity index (χ2v) is 5.11. The molecule has 1 aliphatic rings. The fourth-order valence-corrected chi connectivity index (χ4v) is 2.43. The number of carbonyl (C=O) groups is 1. The molecule has 2 heterocycles. The van der Waals surface area contributed by atoms with Gasteiger partial charge in [-0.2, -0.15) is 4.99 Å². The number of nitrogens with zero attached hydrogens (tertiary/aromatic N) is 4. The Morgan fingerprint density at radius 2 is 2.43 bits per heavy atom. The molecule has 1 unspecified atom stereocenters. The summed E-state index contributed by atoms with van der Waals surface area (Å²) < 4.78 is 5.03. The van der Waals surface area contributed by atoms with E-state index in [4.69, 9.17) is 10.5 Å². The zero-order valence-corrected chi connectivity index (χ0v) is 12.8. The number of nitrogens with two attached hydrogens (primary N) is 1. The molecule has 0 bridgehead atoms. The molecule has 0 saturated carbocycles. The number of carbonyl (C=O) groups excluding carboxylic acids is 1. The lowest BCUT2D eigenvalue weighted by atomic mass is 9.98. The number of guanidine groups is 1. The third-order valence-electron chi connectivity index (χ3n) is 3.55. The van der Waals surface area contributed by atoms with Crippen LogP contribution < -0.4 is 5.73 Å². The van der Waals surface area contributed by atoms with Gasteiger partial charge in [-0.3, -0.25) is 14.9 Å². The molecule has 124 valence electrons. The van der Waals surface area contributed by atoms with E-state index >= 15 is 0 Å².